The highest BCUT2D eigenvalue weighted by molar-refractivity contribution is 7.13. The maximum absolute atomic E-state index is 13.8. The van der Waals surface area contributed by atoms with Crippen LogP contribution in [0.3, 0.4) is 0 Å². The van der Waals surface area contributed by atoms with Crippen LogP contribution in [0.4, 0.5) is 19.9 Å². The van der Waals surface area contributed by atoms with Crippen molar-refractivity contribution >= 4 is 33.9 Å². The molecule has 6 nitrogen and oxygen atoms in total. The molecule has 1 N–H and O–H groups in total. The number of amides is 1. The van der Waals surface area contributed by atoms with Gasteiger partial charge in [0.05, 0.1) is 0 Å². The van der Waals surface area contributed by atoms with Gasteiger partial charge in [-0.1, -0.05) is 11.6 Å². The molecular weight excluding hydrogens is 396 g/mol. The third-order valence-electron chi connectivity index (χ3n) is 4.73. The highest BCUT2D eigenvalue weighted by atomic mass is 32.1. The molecule has 0 saturated heterocycles. The van der Waals surface area contributed by atoms with Gasteiger partial charge in [-0.05, 0) is 31.1 Å². The van der Waals surface area contributed by atoms with Gasteiger partial charge in [-0.25, -0.2) is 23.7 Å². The molecule has 2 aromatic heterocycles. The van der Waals surface area contributed by atoms with E-state index in [0.717, 1.165) is 41.4 Å². The minimum atomic E-state index is -0.940. The molecule has 0 bridgehead atoms. The van der Waals surface area contributed by atoms with Crippen LogP contribution in [0.1, 0.15) is 29.3 Å². The van der Waals surface area contributed by atoms with Gasteiger partial charge in [-0.15, -0.1) is 11.3 Å². The molecule has 0 fully saturated rings. The fourth-order valence-electron chi connectivity index (χ4n) is 3.16. The summed E-state index contributed by atoms with van der Waals surface area (Å²) in [4.78, 5) is 27.0. The summed E-state index contributed by atoms with van der Waals surface area (Å²) in [5.41, 5.74) is 2.51. The van der Waals surface area contributed by atoms with Crippen LogP contribution in [0.15, 0.2) is 47.7 Å². The zero-order valence-electron chi connectivity index (χ0n) is 15.5. The number of anilines is 2. The largest absolute Gasteiger partial charge is 0.343 e. The molecule has 1 amide bonds. The quantitative estimate of drug-likeness (QED) is 0.696. The Morgan fingerprint density at radius 1 is 1.17 bits per heavy atom. The SMILES string of the molecule is CC1=C(c2cnc(NC(=O)c3c(F)cccc3F)nc2)CN(c2nccs2)CC1. The van der Waals surface area contributed by atoms with Crippen LogP contribution in [0, 0.1) is 11.6 Å². The van der Waals surface area contributed by atoms with E-state index >= 15 is 0 Å². The molecule has 0 saturated carbocycles. The van der Waals surface area contributed by atoms with Crippen LogP contribution in [0.25, 0.3) is 5.57 Å². The lowest BCUT2D eigenvalue weighted by Crippen LogP contribution is -2.30. The van der Waals surface area contributed by atoms with E-state index in [1.165, 1.54) is 11.6 Å². The first-order chi connectivity index (χ1) is 14.0. The molecule has 3 heterocycles. The van der Waals surface area contributed by atoms with E-state index in [-0.39, 0.29) is 5.95 Å². The van der Waals surface area contributed by atoms with Gasteiger partial charge in [-0.2, -0.15) is 0 Å². The van der Waals surface area contributed by atoms with Crippen LogP contribution in [-0.2, 0) is 0 Å². The van der Waals surface area contributed by atoms with Crippen molar-refractivity contribution in [3.63, 3.8) is 0 Å². The van der Waals surface area contributed by atoms with E-state index in [1.807, 2.05) is 5.38 Å². The van der Waals surface area contributed by atoms with E-state index in [2.05, 4.69) is 32.1 Å². The molecule has 1 aromatic carbocycles. The topological polar surface area (TPSA) is 71.0 Å². The third-order valence-corrected chi connectivity index (χ3v) is 5.56. The molecule has 9 heteroatoms. The fraction of sp³-hybridized carbons (Fsp3) is 0.200. The predicted molar refractivity (Wildman–Crippen MR) is 108 cm³/mol. The molecule has 148 valence electrons. The van der Waals surface area contributed by atoms with Crippen LogP contribution >= 0.6 is 11.3 Å². The molecule has 4 rings (SSSR count). The van der Waals surface area contributed by atoms with Crippen molar-refractivity contribution in [2.45, 2.75) is 13.3 Å². The Hall–Kier alpha value is -3.20. The standard InChI is InChI=1S/C20H17F2N5OS/c1-12-5-7-27(20-23-6-8-29-20)11-14(12)13-9-24-19(25-10-13)26-18(28)17-15(21)3-2-4-16(17)22/h2-4,6,8-10H,5,7,11H2,1H3,(H,24,25,26,28). The summed E-state index contributed by atoms with van der Waals surface area (Å²) < 4.78 is 27.5. The van der Waals surface area contributed by atoms with Gasteiger partial charge in [0, 0.05) is 42.6 Å². The fourth-order valence-corrected chi connectivity index (χ4v) is 3.83. The zero-order chi connectivity index (χ0) is 20.4. The Labute approximate surface area is 170 Å². The number of thiazole rings is 1. The first-order valence-electron chi connectivity index (χ1n) is 8.94. The van der Waals surface area contributed by atoms with Crippen molar-refractivity contribution < 1.29 is 13.6 Å². The molecule has 0 radical (unpaired) electrons. The molecular formula is C20H17F2N5OS. The molecule has 0 atom stereocenters. The number of carbonyl (C=O) groups excluding carboxylic acids is 1. The van der Waals surface area contributed by atoms with E-state index in [0.29, 0.717) is 6.54 Å². The highest BCUT2D eigenvalue weighted by Crippen LogP contribution is 2.30. The number of aromatic nitrogens is 3. The number of hydrogen-bond acceptors (Lipinski definition) is 6. The molecule has 0 aliphatic carbocycles. The lowest BCUT2D eigenvalue weighted by molar-refractivity contribution is 0.101. The zero-order valence-corrected chi connectivity index (χ0v) is 16.3. The van der Waals surface area contributed by atoms with E-state index in [9.17, 15) is 13.6 Å². The molecule has 3 aromatic rings. The average Bonchev–Trinajstić information content (AvgIpc) is 3.24. The van der Waals surface area contributed by atoms with E-state index < -0.39 is 23.1 Å². The number of rotatable bonds is 4. The Balaban J connectivity index is 1.51. The molecule has 0 unspecified atom stereocenters. The average molecular weight is 413 g/mol. The van der Waals surface area contributed by atoms with Crippen molar-refractivity contribution in [3.8, 4) is 0 Å². The van der Waals surface area contributed by atoms with Crippen molar-refractivity contribution in [1.82, 2.24) is 15.0 Å². The van der Waals surface area contributed by atoms with Gasteiger partial charge in [-0.3, -0.25) is 10.1 Å². The van der Waals surface area contributed by atoms with Gasteiger partial charge < -0.3 is 4.90 Å². The maximum atomic E-state index is 13.8. The van der Waals surface area contributed by atoms with Gasteiger partial charge in [0.1, 0.15) is 17.2 Å². The second-order valence-electron chi connectivity index (χ2n) is 6.59. The number of hydrogen-bond donors (Lipinski definition) is 1. The number of halogens is 2. The van der Waals surface area contributed by atoms with Gasteiger partial charge in [0.25, 0.3) is 5.91 Å². The van der Waals surface area contributed by atoms with Gasteiger partial charge in [0.15, 0.2) is 5.13 Å². The summed E-state index contributed by atoms with van der Waals surface area (Å²) >= 11 is 1.59. The van der Waals surface area contributed by atoms with Crippen molar-refractivity contribution in [3.05, 3.63) is 70.5 Å². The number of benzene rings is 1. The second-order valence-corrected chi connectivity index (χ2v) is 7.46. The molecule has 1 aliphatic rings. The Morgan fingerprint density at radius 2 is 1.90 bits per heavy atom. The van der Waals surface area contributed by atoms with E-state index in [1.54, 1.807) is 29.9 Å². The Morgan fingerprint density at radius 3 is 2.55 bits per heavy atom. The Kier molecular flexibility index (Phi) is 5.30. The molecule has 0 spiro atoms. The van der Waals surface area contributed by atoms with Gasteiger partial charge >= 0.3 is 0 Å². The minimum absolute atomic E-state index is 0.0211. The number of carbonyl (C=O) groups is 1. The summed E-state index contributed by atoms with van der Waals surface area (Å²) in [6, 6.07) is 3.24. The molecule has 29 heavy (non-hydrogen) atoms. The lowest BCUT2D eigenvalue weighted by atomic mass is 9.97. The van der Waals surface area contributed by atoms with Crippen LogP contribution in [-0.4, -0.2) is 33.9 Å². The Bertz CT molecular complexity index is 1050. The summed E-state index contributed by atoms with van der Waals surface area (Å²) in [5.74, 6) is -2.84. The molecule has 1 aliphatic heterocycles. The minimum Gasteiger partial charge on any atom is -0.343 e. The lowest BCUT2D eigenvalue weighted by Gasteiger charge is -2.29. The van der Waals surface area contributed by atoms with Crippen LogP contribution < -0.4 is 10.2 Å². The number of nitrogens with zero attached hydrogens (tertiary/aromatic N) is 4. The van der Waals surface area contributed by atoms with Crippen molar-refractivity contribution in [2.75, 3.05) is 23.3 Å². The number of nitrogens with one attached hydrogen (secondary N) is 1. The summed E-state index contributed by atoms with van der Waals surface area (Å²) in [5, 5.41) is 5.24. The summed E-state index contributed by atoms with van der Waals surface area (Å²) in [7, 11) is 0. The summed E-state index contributed by atoms with van der Waals surface area (Å²) in [6.07, 6.45) is 5.89. The van der Waals surface area contributed by atoms with Crippen molar-refractivity contribution in [1.29, 1.82) is 0 Å². The normalized spacial score (nSPS) is 14.2. The van der Waals surface area contributed by atoms with Crippen molar-refractivity contribution in [2.24, 2.45) is 0 Å². The van der Waals surface area contributed by atoms with Crippen LogP contribution in [0.2, 0.25) is 0 Å². The second kappa shape index (κ2) is 8.04. The smallest absolute Gasteiger partial charge is 0.263 e. The van der Waals surface area contributed by atoms with Gasteiger partial charge in [0.2, 0.25) is 5.95 Å². The maximum Gasteiger partial charge on any atom is 0.263 e. The first-order valence-corrected chi connectivity index (χ1v) is 9.81. The summed E-state index contributed by atoms with van der Waals surface area (Å²) in [6.45, 7) is 3.66. The monoisotopic (exact) mass is 413 g/mol. The first kappa shape index (κ1) is 19.1. The predicted octanol–water partition coefficient (Wildman–Crippen LogP) is 4.15. The third kappa shape index (κ3) is 4.00. The van der Waals surface area contributed by atoms with Crippen LogP contribution in [0.5, 0.6) is 0 Å². The van der Waals surface area contributed by atoms with E-state index in [4.69, 9.17) is 0 Å². The highest BCUT2D eigenvalue weighted by Gasteiger charge is 2.21.